The van der Waals surface area contributed by atoms with Gasteiger partial charge in [-0.25, -0.2) is 4.98 Å². The molecule has 0 aliphatic rings. The van der Waals surface area contributed by atoms with Crippen LogP contribution >= 0.6 is 11.3 Å². The second-order valence-electron chi connectivity index (χ2n) is 4.06. The highest BCUT2D eigenvalue weighted by Gasteiger charge is 2.15. The highest BCUT2D eigenvalue weighted by Crippen LogP contribution is 2.27. The molecule has 0 amide bonds. The molecule has 0 saturated heterocycles. The van der Waals surface area contributed by atoms with Gasteiger partial charge in [-0.15, -0.1) is 11.3 Å². The third kappa shape index (κ3) is 2.20. The minimum atomic E-state index is -0.153. The molecule has 2 aromatic heterocycles. The van der Waals surface area contributed by atoms with Crippen molar-refractivity contribution in [1.82, 2.24) is 9.97 Å². The number of hydrogen-bond donors (Lipinski definition) is 1. The van der Waals surface area contributed by atoms with Crippen LogP contribution in [0.2, 0.25) is 0 Å². The number of phenolic OH excluding ortho intramolecular Hbond substituents is 1. The molecule has 3 rings (SSSR count). The second kappa shape index (κ2) is 4.78. The number of pyridine rings is 1. The summed E-state index contributed by atoms with van der Waals surface area (Å²) in [6, 6.07) is 7.06. The quantitative estimate of drug-likeness (QED) is 0.743. The molecular formula is C14H10N2O2S. The Morgan fingerprint density at radius 2 is 2.11 bits per heavy atom. The third-order valence-corrected chi connectivity index (χ3v) is 3.62. The SMILES string of the molecule is O=C(Cc1nccs1)c1ccc2cccnc2c1O. The Labute approximate surface area is 113 Å². The maximum Gasteiger partial charge on any atom is 0.173 e. The lowest BCUT2D eigenvalue weighted by Crippen LogP contribution is -2.04. The molecule has 0 saturated carbocycles. The van der Waals surface area contributed by atoms with Crippen molar-refractivity contribution in [2.24, 2.45) is 0 Å². The topological polar surface area (TPSA) is 63.1 Å². The van der Waals surface area contributed by atoms with E-state index in [1.807, 2.05) is 11.4 Å². The predicted octanol–water partition coefficient (Wildman–Crippen LogP) is 2.82. The molecule has 0 fully saturated rings. The van der Waals surface area contributed by atoms with Gasteiger partial charge in [0.05, 0.1) is 12.0 Å². The summed E-state index contributed by atoms with van der Waals surface area (Å²) >= 11 is 1.43. The lowest BCUT2D eigenvalue weighted by molar-refractivity contribution is 0.0990. The Morgan fingerprint density at radius 3 is 2.89 bits per heavy atom. The zero-order valence-electron chi connectivity index (χ0n) is 9.91. The normalized spacial score (nSPS) is 10.7. The van der Waals surface area contributed by atoms with E-state index in [1.165, 1.54) is 11.3 Å². The van der Waals surface area contributed by atoms with Crippen LogP contribution in [0.4, 0.5) is 0 Å². The zero-order valence-corrected chi connectivity index (χ0v) is 10.7. The van der Waals surface area contributed by atoms with Gasteiger partial charge >= 0.3 is 0 Å². The number of phenols is 1. The van der Waals surface area contributed by atoms with Crippen LogP contribution in [0.25, 0.3) is 10.9 Å². The third-order valence-electron chi connectivity index (χ3n) is 2.84. The summed E-state index contributed by atoms with van der Waals surface area (Å²) in [5.41, 5.74) is 0.744. The fraction of sp³-hybridized carbons (Fsp3) is 0.0714. The Bertz CT molecular complexity index is 738. The van der Waals surface area contributed by atoms with Gasteiger partial charge in [0.15, 0.2) is 11.5 Å². The first-order valence-corrected chi connectivity index (χ1v) is 6.62. The maximum absolute atomic E-state index is 12.2. The highest BCUT2D eigenvalue weighted by molar-refractivity contribution is 7.09. The first kappa shape index (κ1) is 11.8. The second-order valence-corrected chi connectivity index (χ2v) is 5.04. The lowest BCUT2D eigenvalue weighted by atomic mass is 10.0. The lowest BCUT2D eigenvalue weighted by Gasteiger charge is -2.05. The van der Waals surface area contributed by atoms with Crippen LogP contribution < -0.4 is 0 Å². The van der Waals surface area contributed by atoms with Gasteiger partial charge in [0, 0.05) is 23.2 Å². The molecule has 0 unspecified atom stereocenters. The molecule has 0 radical (unpaired) electrons. The van der Waals surface area contributed by atoms with Gasteiger partial charge in [-0.3, -0.25) is 9.78 Å². The van der Waals surface area contributed by atoms with Gasteiger partial charge in [0.2, 0.25) is 0 Å². The number of aromatic hydroxyl groups is 1. The number of thiazole rings is 1. The molecule has 4 nitrogen and oxygen atoms in total. The number of fused-ring (bicyclic) bond motifs is 1. The smallest absolute Gasteiger partial charge is 0.173 e. The minimum absolute atomic E-state index is 0.0559. The van der Waals surface area contributed by atoms with Crippen LogP contribution in [0.1, 0.15) is 15.4 Å². The van der Waals surface area contributed by atoms with Crippen LogP contribution in [-0.4, -0.2) is 20.9 Å². The fourth-order valence-corrected chi connectivity index (χ4v) is 2.54. The van der Waals surface area contributed by atoms with Crippen molar-refractivity contribution in [2.45, 2.75) is 6.42 Å². The molecule has 19 heavy (non-hydrogen) atoms. The standard InChI is InChI=1S/C14H10N2O2S/c17-11(8-12-15-6-7-19-12)10-4-3-9-2-1-5-16-13(9)14(10)18/h1-7,18H,8H2. The van der Waals surface area contributed by atoms with Gasteiger partial charge in [-0.05, 0) is 12.1 Å². The fourth-order valence-electron chi connectivity index (χ4n) is 1.93. The number of nitrogens with zero attached hydrogens (tertiary/aromatic N) is 2. The first-order chi connectivity index (χ1) is 9.25. The molecule has 5 heteroatoms. The minimum Gasteiger partial charge on any atom is -0.505 e. The van der Waals surface area contributed by atoms with Gasteiger partial charge in [0.25, 0.3) is 0 Å². The number of carbonyl (C=O) groups is 1. The molecule has 94 valence electrons. The predicted molar refractivity (Wildman–Crippen MR) is 73.6 cm³/mol. The van der Waals surface area contributed by atoms with Crippen LogP contribution in [0.5, 0.6) is 5.75 Å². The summed E-state index contributed by atoms with van der Waals surface area (Å²) in [5, 5.41) is 13.5. The molecule has 1 N–H and O–H groups in total. The number of benzene rings is 1. The molecular weight excluding hydrogens is 260 g/mol. The van der Waals surface area contributed by atoms with E-state index < -0.39 is 0 Å². The average molecular weight is 270 g/mol. The zero-order chi connectivity index (χ0) is 13.2. The highest BCUT2D eigenvalue weighted by atomic mass is 32.1. The van der Waals surface area contributed by atoms with Crippen molar-refractivity contribution >= 4 is 28.0 Å². The van der Waals surface area contributed by atoms with Gasteiger partial charge in [-0.2, -0.15) is 0 Å². The molecule has 2 heterocycles. The van der Waals surface area contributed by atoms with E-state index in [9.17, 15) is 9.90 Å². The van der Waals surface area contributed by atoms with Crippen LogP contribution in [0, 0.1) is 0 Å². The Kier molecular flexibility index (Phi) is 2.97. The van der Waals surface area contributed by atoms with Crippen molar-refractivity contribution in [3.8, 4) is 5.75 Å². The van der Waals surface area contributed by atoms with E-state index in [0.29, 0.717) is 11.1 Å². The summed E-state index contributed by atoms with van der Waals surface area (Å²) < 4.78 is 0. The van der Waals surface area contributed by atoms with Crippen molar-refractivity contribution in [3.05, 3.63) is 52.6 Å². The average Bonchev–Trinajstić information content (AvgIpc) is 2.92. The molecule has 0 atom stereocenters. The van der Waals surface area contributed by atoms with Crippen molar-refractivity contribution in [1.29, 1.82) is 0 Å². The summed E-state index contributed by atoms with van der Waals surface area (Å²) in [6.45, 7) is 0. The summed E-state index contributed by atoms with van der Waals surface area (Å²) in [6.07, 6.45) is 3.45. The van der Waals surface area contributed by atoms with Crippen LogP contribution in [0.15, 0.2) is 42.0 Å². The monoisotopic (exact) mass is 270 g/mol. The number of aromatic nitrogens is 2. The molecule has 0 bridgehead atoms. The molecule has 1 aromatic carbocycles. The van der Waals surface area contributed by atoms with Gasteiger partial charge in [-0.1, -0.05) is 12.1 Å². The Balaban J connectivity index is 2.01. The summed E-state index contributed by atoms with van der Waals surface area (Å²) in [4.78, 5) is 20.3. The van der Waals surface area contributed by atoms with E-state index in [0.717, 1.165) is 10.4 Å². The van der Waals surface area contributed by atoms with E-state index in [4.69, 9.17) is 0 Å². The first-order valence-electron chi connectivity index (χ1n) is 5.74. The van der Waals surface area contributed by atoms with Crippen LogP contribution in [-0.2, 0) is 6.42 Å². The summed E-state index contributed by atoms with van der Waals surface area (Å²) in [5.74, 6) is -0.209. The van der Waals surface area contributed by atoms with E-state index in [-0.39, 0.29) is 18.0 Å². The van der Waals surface area contributed by atoms with Crippen molar-refractivity contribution in [2.75, 3.05) is 0 Å². The number of hydrogen-bond acceptors (Lipinski definition) is 5. The maximum atomic E-state index is 12.2. The van der Waals surface area contributed by atoms with E-state index in [2.05, 4.69) is 9.97 Å². The largest absolute Gasteiger partial charge is 0.505 e. The Morgan fingerprint density at radius 1 is 1.21 bits per heavy atom. The number of carbonyl (C=O) groups excluding carboxylic acids is 1. The van der Waals surface area contributed by atoms with Gasteiger partial charge < -0.3 is 5.11 Å². The summed E-state index contributed by atoms with van der Waals surface area (Å²) in [7, 11) is 0. The molecule has 0 aliphatic heterocycles. The Hall–Kier alpha value is -2.27. The van der Waals surface area contributed by atoms with Crippen LogP contribution in [0.3, 0.4) is 0 Å². The molecule has 0 aliphatic carbocycles. The van der Waals surface area contributed by atoms with Crippen molar-refractivity contribution < 1.29 is 9.90 Å². The molecule has 0 spiro atoms. The van der Waals surface area contributed by atoms with Gasteiger partial charge in [0.1, 0.15) is 10.5 Å². The number of ketones is 1. The number of Topliss-reactive ketones (excluding diaryl/α,β-unsaturated/α-hetero) is 1. The number of rotatable bonds is 3. The molecule has 3 aromatic rings. The van der Waals surface area contributed by atoms with Crippen molar-refractivity contribution in [3.63, 3.8) is 0 Å². The van der Waals surface area contributed by atoms with E-state index in [1.54, 1.807) is 30.6 Å². The van der Waals surface area contributed by atoms with E-state index >= 15 is 0 Å².